The van der Waals surface area contributed by atoms with Gasteiger partial charge in [0.2, 0.25) is 0 Å². The zero-order valence-corrected chi connectivity index (χ0v) is 17.9. The minimum Gasteiger partial charge on any atom is -0.495 e. The highest BCUT2D eigenvalue weighted by molar-refractivity contribution is 9.10. The topological polar surface area (TPSA) is 67.0 Å². The van der Waals surface area contributed by atoms with E-state index in [0.717, 1.165) is 27.1 Å². The molecular weight excluding hydrogens is 430 g/mol. The number of rotatable bonds is 5. The number of aryl methyl sites for hydroxylation is 1. The van der Waals surface area contributed by atoms with Crippen molar-refractivity contribution in [2.45, 2.75) is 13.8 Å². The van der Waals surface area contributed by atoms with Gasteiger partial charge in [-0.1, -0.05) is 34.1 Å². The Hall–Kier alpha value is -3.30. The third-order valence-electron chi connectivity index (χ3n) is 4.56. The Morgan fingerprint density at radius 1 is 1.17 bits per heavy atom. The number of nitrogens with one attached hydrogen (secondary N) is 1. The highest BCUT2D eigenvalue weighted by Crippen LogP contribution is 2.26. The second kappa shape index (κ2) is 8.80. The van der Waals surface area contributed by atoms with Crippen molar-refractivity contribution in [1.29, 1.82) is 5.26 Å². The molecule has 1 heterocycles. The van der Waals surface area contributed by atoms with Crippen molar-refractivity contribution in [3.63, 3.8) is 0 Å². The fourth-order valence-electron chi connectivity index (χ4n) is 3.19. The molecule has 0 atom stereocenters. The summed E-state index contributed by atoms with van der Waals surface area (Å²) in [6.07, 6.45) is 1.61. The van der Waals surface area contributed by atoms with Gasteiger partial charge in [-0.25, -0.2) is 0 Å². The van der Waals surface area contributed by atoms with Crippen LogP contribution < -0.4 is 10.1 Å². The molecule has 146 valence electrons. The zero-order chi connectivity index (χ0) is 21.0. The van der Waals surface area contributed by atoms with Gasteiger partial charge in [-0.05, 0) is 61.9 Å². The summed E-state index contributed by atoms with van der Waals surface area (Å²) in [7, 11) is 1.53. The molecule has 1 N–H and O–H groups in total. The summed E-state index contributed by atoms with van der Waals surface area (Å²) in [5.74, 6) is 0.0511. The van der Waals surface area contributed by atoms with Crippen LogP contribution in [0, 0.1) is 25.2 Å². The first-order chi connectivity index (χ1) is 13.9. The van der Waals surface area contributed by atoms with E-state index in [-0.39, 0.29) is 5.57 Å². The van der Waals surface area contributed by atoms with Gasteiger partial charge < -0.3 is 14.6 Å². The van der Waals surface area contributed by atoms with E-state index < -0.39 is 5.91 Å². The fourth-order valence-corrected chi connectivity index (χ4v) is 3.58. The molecule has 1 amide bonds. The summed E-state index contributed by atoms with van der Waals surface area (Å²) in [6.45, 7) is 3.96. The monoisotopic (exact) mass is 449 g/mol. The Kier molecular flexibility index (Phi) is 6.20. The molecule has 3 rings (SSSR count). The predicted molar refractivity (Wildman–Crippen MR) is 118 cm³/mol. The van der Waals surface area contributed by atoms with E-state index in [4.69, 9.17) is 4.74 Å². The molecule has 0 bridgehead atoms. The Morgan fingerprint density at radius 3 is 2.62 bits per heavy atom. The van der Waals surface area contributed by atoms with Crippen LogP contribution in [-0.4, -0.2) is 17.6 Å². The van der Waals surface area contributed by atoms with Crippen molar-refractivity contribution in [1.82, 2.24) is 4.57 Å². The summed E-state index contributed by atoms with van der Waals surface area (Å²) < 4.78 is 8.32. The summed E-state index contributed by atoms with van der Waals surface area (Å²) in [6, 6.07) is 19.0. The number of halogens is 1. The molecule has 0 saturated carbocycles. The highest BCUT2D eigenvalue weighted by Gasteiger charge is 2.15. The number of nitrogens with zero attached hydrogens (tertiary/aromatic N) is 2. The highest BCUT2D eigenvalue weighted by atomic mass is 79.9. The lowest BCUT2D eigenvalue weighted by Gasteiger charge is -2.10. The van der Waals surface area contributed by atoms with Crippen LogP contribution in [0.15, 0.2) is 64.6 Å². The second-order valence-electron chi connectivity index (χ2n) is 6.47. The Bertz CT molecular complexity index is 1140. The first-order valence-corrected chi connectivity index (χ1v) is 9.75. The lowest BCUT2D eigenvalue weighted by molar-refractivity contribution is -0.112. The number of amides is 1. The average Bonchev–Trinajstić information content (AvgIpc) is 2.99. The molecule has 1 aromatic heterocycles. The number of hydrogen-bond acceptors (Lipinski definition) is 3. The van der Waals surface area contributed by atoms with Crippen molar-refractivity contribution in [2.24, 2.45) is 0 Å². The number of benzene rings is 2. The number of anilines is 1. The maximum Gasteiger partial charge on any atom is 0.266 e. The Morgan fingerprint density at radius 2 is 1.93 bits per heavy atom. The number of ether oxygens (including phenoxy) is 1. The van der Waals surface area contributed by atoms with Crippen LogP contribution in [0.4, 0.5) is 5.69 Å². The number of para-hydroxylation sites is 2. The van der Waals surface area contributed by atoms with Crippen molar-refractivity contribution < 1.29 is 9.53 Å². The number of carbonyl (C=O) groups excluding carboxylic acids is 1. The molecule has 6 heteroatoms. The summed E-state index contributed by atoms with van der Waals surface area (Å²) in [4.78, 5) is 12.7. The van der Waals surface area contributed by atoms with Gasteiger partial charge in [-0.3, -0.25) is 4.79 Å². The molecule has 0 aliphatic carbocycles. The number of hydrogen-bond donors (Lipinski definition) is 1. The molecule has 0 spiro atoms. The Balaban J connectivity index is 1.95. The smallest absolute Gasteiger partial charge is 0.266 e. The van der Waals surface area contributed by atoms with E-state index in [1.54, 1.807) is 24.3 Å². The van der Waals surface area contributed by atoms with Gasteiger partial charge in [0.1, 0.15) is 17.4 Å². The average molecular weight is 450 g/mol. The number of nitriles is 1. The van der Waals surface area contributed by atoms with Gasteiger partial charge in [0.25, 0.3) is 5.91 Å². The third-order valence-corrected chi connectivity index (χ3v) is 5.05. The van der Waals surface area contributed by atoms with E-state index in [9.17, 15) is 10.1 Å². The van der Waals surface area contributed by atoms with Gasteiger partial charge in [0, 0.05) is 21.5 Å². The number of carbonyl (C=O) groups is 1. The van der Waals surface area contributed by atoms with Crippen molar-refractivity contribution in [2.75, 3.05) is 12.4 Å². The van der Waals surface area contributed by atoms with Gasteiger partial charge in [-0.2, -0.15) is 5.26 Å². The summed E-state index contributed by atoms with van der Waals surface area (Å²) >= 11 is 3.50. The first-order valence-electron chi connectivity index (χ1n) is 8.95. The molecule has 0 saturated heterocycles. The van der Waals surface area contributed by atoms with Crippen LogP contribution in [0.1, 0.15) is 17.0 Å². The van der Waals surface area contributed by atoms with Crippen LogP contribution in [0.2, 0.25) is 0 Å². The molecular formula is C23H20BrN3O2. The molecule has 0 radical (unpaired) electrons. The molecule has 0 aliphatic heterocycles. The second-order valence-corrected chi connectivity index (χ2v) is 7.38. The van der Waals surface area contributed by atoms with Crippen LogP contribution in [0.3, 0.4) is 0 Å². The van der Waals surface area contributed by atoms with Crippen molar-refractivity contribution in [3.8, 4) is 17.5 Å². The lowest BCUT2D eigenvalue weighted by Crippen LogP contribution is -2.14. The molecule has 3 aromatic rings. The van der Waals surface area contributed by atoms with Gasteiger partial charge in [0.15, 0.2) is 0 Å². The van der Waals surface area contributed by atoms with Crippen LogP contribution in [0.5, 0.6) is 5.75 Å². The summed E-state index contributed by atoms with van der Waals surface area (Å²) in [5.41, 5.74) is 4.30. The largest absolute Gasteiger partial charge is 0.495 e. The number of aromatic nitrogens is 1. The van der Waals surface area contributed by atoms with Gasteiger partial charge in [-0.15, -0.1) is 0 Å². The SMILES string of the molecule is COc1ccccc1NC(=O)/C(C#N)=C/c1cc(C)n(-c2cccc(Br)c2)c1C. The zero-order valence-electron chi connectivity index (χ0n) is 16.4. The van der Waals surface area contributed by atoms with Crippen LogP contribution in [-0.2, 0) is 4.79 Å². The van der Waals surface area contributed by atoms with Crippen molar-refractivity contribution >= 4 is 33.6 Å². The van der Waals surface area contributed by atoms with Gasteiger partial charge in [0.05, 0.1) is 12.8 Å². The van der Waals surface area contributed by atoms with E-state index in [0.29, 0.717) is 11.4 Å². The minimum absolute atomic E-state index is 0.0189. The van der Waals surface area contributed by atoms with Crippen LogP contribution >= 0.6 is 15.9 Å². The molecule has 29 heavy (non-hydrogen) atoms. The maximum atomic E-state index is 12.7. The quantitative estimate of drug-likeness (QED) is 0.418. The minimum atomic E-state index is -0.482. The van der Waals surface area contributed by atoms with Gasteiger partial charge >= 0.3 is 0 Å². The standard InChI is InChI=1S/C23H20BrN3O2/c1-15-11-17(16(2)27(15)20-8-6-7-19(24)13-20)12-18(14-25)23(28)26-21-9-4-5-10-22(21)29-3/h4-13H,1-3H3,(H,26,28)/b18-12+. The maximum absolute atomic E-state index is 12.7. The molecule has 0 fully saturated rings. The third kappa shape index (κ3) is 4.41. The van der Waals surface area contributed by atoms with E-state index >= 15 is 0 Å². The van der Waals surface area contributed by atoms with E-state index in [2.05, 4.69) is 25.8 Å². The normalized spacial score (nSPS) is 11.1. The van der Waals surface area contributed by atoms with Crippen molar-refractivity contribution in [3.05, 3.63) is 81.6 Å². The van der Waals surface area contributed by atoms with Crippen LogP contribution in [0.25, 0.3) is 11.8 Å². The summed E-state index contributed by atoms with van der Waals surface area (Å²) in [5, 5.41) is 12.3. The molecule has 0 unspecified atom stereocenters. The van der Waals surface area contributed by atoms with E-state index in [1.165, 1.54) is 7.11 Å². The fraction of sp³-hybridized carbons (Fsp3) is 0.130. The molecule has 2 aromatic carbocycles. The first kappa shape index (κ1) is 20.4. The molecule has 0 aliphatic rings. The predicted octanol–water partition coefficient (Wildman–Crippen LogP) is 5.41. The number of methoxy groups -OCH3 is 1. The van der Waals surface area contributed by atoms with E-state index in [1.807, 2.05) is 56.3 Å². The Labute approximate surface area is 178 Å². The lowest BCUT2D eigenvalue weighted by atomic mass is 10.1. The molecule has 5 nitrogen and oxygen atoms in total.